The van der Waals surface area contributed by atoms with Crippen molar-refractivity contribution in [2.75, 3.05) is 26.2 Å². The fourth-order valence-electron chi connectivity index (χ4n) is 4.48. The fourth-order valence-corrected chi connectivity index (χ4v) is 4.79. The number of halogens is 3. The van der Waals surface area contributed by atoms with Gasteiger partial charge in [0.2, 0.25) is 0 Å². The summed E-state index contributed by atoms with van der Waals surface area (Å²) in [7, 11) is 0. The molecule has 4 nitrogen and oxygen atoms in total. The Hall–Kier alpha value is -2.86. The molecule has 1 aromatic heterocycles. The van der Waals surface area contributed by atoms with Crippen molar-refractivity contribution in [2.45, 2.75) is 13.1 Å². The van der Waals surface area contributed by atoms with Crippen molar-refractivity contribution < 1.29 is 9.18 Å². The molecule has 0 atom stereocenters. The molecule has 1 saturated heterocycles. The van der Waals surface area contributed by atoms with Crippen LogP contribution in [0.5, 0.6) is 0 Å². The molecular formula is C27H24Cl2FN3O. The van der Waals surface area contributed by atoms with Crippen LogP contribution < -0.4 is 0 Å². The van der Waals surface area contributed by atoms with Crippen LogP contribution in [0.2, 0.25) is 10.0 Å². The third-order valence-electron chi connectivity index (χ3n) is 6.32. The lowest BCUT2D eigenvalue weighted by atomic mass is 10.2. The van der Waals surface area contributed by atoms with Crippen LogP contribution in [0.25, 0.3) is 10.9 Å². The van der Waals surface area contributed by atoms with Gasteiger partial charge in [0.1, 0.15) is 11.5 Å². The molecule has 0 radical (unpaired) electrons. The van der Waals surface area contributed by atoms with Crippen molar-refractivity contribution >= 4 is 40.0 Å². The molecule has 0 saturated carbocycles. The molecule has 1 fully saturated rings. The maximum absolute atomic E-state index is 13.6. The van der Waals surface area contributed by atoms with Gasteiger partial charge in [-0.1, -0.05) is 47.5 Å². The quantitative estimate of drug-likeness (QED) is 0.335. The Balaban J connectivity index is 1.35. The zero-order valence-electron chi connectivity index (χ0n) is 18.6. The van der Waals surface area contributed by atoms with Crippen molar-refractivity contribution in [3.63, 3.8) is 0 Å². The summed E-state index contributed by atoms with van der Waals surface area (Å²) >= 11 is 12.3. The number of hydrogen-bond donors (Lipinski definition) is 0. The first kappa shape index (κ1) is 22.9. The number of carbonyl (C=O) groups excluding carboxylic acids is 1. The van der Waals surface area contributed by atoms with Gasteiger partial charge in [0.05, 0.1) is 0 Å². The lowest BCUT2D eigenvalue weighted by Gasteiger charge is -2.35. The molecule has 0 aliphatic carbocycles. The van der Waals surface area contributed by atoms with Gasteiger partial charge in [0, 0.05) is 60.2 Å². The summed E-state index contributed by atoms with van der Waals surface area (Å²) in [6.45, 7) is 4.14. The van der Waals surface area contributed by atoms with Crippen molar-refractivity contribution in [1.29, 1.82) is 0 Å². The highest BCUT2D eigenvalue weighted by molar-refractivity contribution is 6.31. The van der Waals surface area contributed by atoms with E-state index in [0.717, 1.165) is 41.7 Å². The van der Waals surface area contributed by atoms with Gasteiger partial charge in [-0.05, 0) is 59.7 Å². The average Bonchev–Trinajstić information content (AvgIpc) is 3.19. The second kappa shape index (κ2) is 9.79. The van der Waals surface area contributed by atoms with Crippen LogP contribution in [0.15, 0.2) is 72.8 Å². The second-order valence-electron chi connectivity index (χ2n) is 8.64. The molecule has 7 heteroatoms. The van der Waals surface area contributed by atoms with Gasteiger partial charge >= 0.3 is 0 Å². The first-order valence-corrected chi connectivity index (χ1v) is 12.0. The van der Waals surface area contributed by atoms with E-state index in [1.165, 1.54) is 12.1 Å². The van der Waals surface area contributed by atoms with E-state index in [4.69, 9.17) is 23.2 Å². The minimum atomic E-state index is -0.227. The van der Waals surface area contributed by atoms with Crippen LogP contribution >= 0.6 is 23.2 Å². The van der Waals surface area contributed by atoms with E-state index in [9.17, 15) is 9.18 Å². The Morgan fingerprint density at radius 1 is 0.765 bits per heavy atom. The topological polar surface area (TPSA) is 28.5 Å². The minimum absolute atomic E-state index is 0.0164. The van der Waals surface area contributed by atoms with Crippen molar-refractivity contribution in [2.24, 2.45) is 0 Å². The molecule has 0 unspecified atom stereocenters. The van der Waals surface area contributed by atoms with Crippen LogP contribution in [0.4, 0.5) is 4.39 Å². The highest BCUT2D eigenvalue weighted by atomic mass is 35.5. The molecule has 2 heterocycles. The third kappa shape index (κ3) is 4.97. The van der Waals surface area contributed by atoms with E-state index in [2.05, 4.69) is 9.47 Å². The van der Waals surface area contributed by atoms with Gasteiger partial charge in [-0.15, -0.1) is 0 Å². The summed E-state index contributed by atoms with van der Waals surface area (Å²) in [5, 5.41) is 2.27. The molecule has 3 aromatic carbocycles. The van der Waals surface area contributed by atoms with E-state index in [1.807, 2.05) is 65.6 Å². The van der Waals surface area contributed by atoms with Gasteiger partial charge in [-0.3, -0.25) is 9.69 Å². The molecule has 0 N–H and O–H groups in total. The van der Waals surface area contributed by atoms with E-state index < -0.39 is 0 Å². The van der Waals surface area contributed by atoms with E-state index in [0.29, 0.717) is 35.4 Å². The van der Waals surface area contributed by atoms with Crippen LogP contribution in [0, 0.1) is 5.82 Å². The average molecular weight is 496 g/mol. The van der Waals surface area contributed by atoms with Gasteiger partial charge in [-0.25, -0.2) is 4.39 Å². The number of piperazine rings is 1. The van der Waals surface area contributed by atoms with E-state index in [-0.39, 0.29) is 11.7 Å². The zero-order chi connectivity index (χ0) is 23.7. The molecule has 1 aliphatic rings. The molecule has 1 amide bonds. The van der Waals surface area contributed by atoms with Crippen molar-refractivity contribution in [3.05, 3.63) is 105 Å². The first-order valence-electron chi connectivity index (χ1n) is 11.3. The lowest BCUT2D eigenvalue weighted by molar-refractivity contribution is 0.0619. The predicted octanol–water partition coefficient (Wildman–Crippen LogP) is 6.09. The maximum atomic E-state index is 13.6. The Kier molecular flexibility index (Phi) is 6.59. The molecule has 0 bridgehead atoms. The van der Waals surface area contributed by atoms with E-state index >= 15 is 0 Å². The normalized spacial score (nSPS) is 14.6. The monoisotopic (exact) mass is 495 g/mol. The summed E-state index contributed by atoms with van der Waals surface area (Å²) < 4.78 is 15.2. The van der Waals surface area contributed by atoms with Crippen molar-refractivity contribution in [3.8, 4) is 0 Å². The zero-order valence-corrected chi connectivity index (χ0v) is 20.1. The molecular weight excluding hydrogens is 472 g/mol. The van der Waals surface area contributed by atoms with Crippen molar-refractivity contribution in [1.82, 2.24) is 14.4 Å². The summed E-state index contributed by atoms with van der Waals surface area (Å²) in [5.74, 6) is -0.211. The summed E-state index contributed by atoms with van der Waals surface area (Å²) in [6, 6.07) is 21.9. The van der Waals surface area contributed by atoms with Crippen LogP contribution in [-0.4, -0.2) is 46.5 Å². The Morgan fingerprint density at radius 3 is 2.09 bits per heavy atom. The number of carbonyl (C=O) groups is 1. The summed E-state index contributed by atoms with van der Waals surface area (Å²) in [4.78, 5) is 17.8. The van der Waals surface area contributed by atoms with Gasteiger partial charge in [-0.2, -0.15) is 0 Å². The SMILES string of the molecule is O=C(c1cc2cc(Cl)ccc2n1Cc1ccc(Cl)cc1)N1CCN(Cc2ccc(F)cc2)CC1. The summed E-state index contributed by atoms with van der Waals surface area (Å²) in [5.41, 5.74) is 3.76. The van der Waals surface area contributed by atoms with Gasteiger partial charge in [0.25, 0.3) is 5.91 Å². The molecule has 4 aromatic rings. The highest BCUT2D eigenvalue weighted by Crippen LogP contribution is 2.26. The predicted molar refractivity (Wildman–Crippen MR) is 135 cm³/mol. The Labute approximate surface area is 208 Å². The number of hydrogen-bond acceptors (Lipinski definition) is 2. The summed E-state index contributed by atoms with van der Waals surface area (Å²) in [6.07, 6.45) is 0. The minimum Gasteiger partial charge on any atom is -0.335 e. The number of fused-ring (bicyclic) bond motifs is 1. The van der Waals surface area contributed by atoms with Gasteiger partial charge in [0.15, 0.2) is 0 Å². The Morgan fingerprint density at radius 2 is 1.38 bits per heavy atom. The van der Waals surface area contributed by atoms with Crippen LogP contribution in [-0.2, 0) is 13.1 Å². The van der Waals surface area contributed by atoms with Gasteiger partial charge < -0.3 is 9.47 Å². The number of benzene rings is 3. The second-order valence-corrected chi connectivity index (χ2v) is 9.51. The largest absolute Gasteiger partial charge is 0.335 e. The van der Waals surface area contributed by atoms with E-state index in [1.54, 1.807) is 0 Å². The van der Waals surface area contributed by atoms with Crippen LogP contribution in [0.3, 0.4) is 0 Å². The molecule has 34 heavy (non-hydrogen) atoms. The number of aromatic nitrogens is 1. The molecule has 1 aliphatic heterocycles. The lowest BCUT2D eigenvalue weighted by Crippen LogP contribution is -2.48. The highest BCUT2D eigenvalue weighted by Gasteiger charge is 2.25. The smallest absolute Gasteiger partial charge is 0.270 e. The standard InChI is InChI=1S/C27H24Cl2FN3O/c28-22-5-1-20(2-6-22)18-33-25-10-7-23(29)15-21(25)16-26(33)27(34)32-13-11-31(12-14-32)17-19-3-8-24(30)9-4-19/h1-10,15-16H,11-14,17-18H2. The number of amides is 1. The molecule has 0 spiro atoms. The van der Waals surface area contributed by atoms with Crippen LogP contribution in [0.1, 0.15) is 21.6 Å². The maximum Gasteiger partial charge on any atom is 0.270 e. The molecule has 174 valence electrons. The first-order chi connectivity index (χ1) is 16.5. The third-order valence-corrected chi connectivity index (χ3v) is 6.80. The fraction of sp³-hybridized carbons (Fsp3) is 0.222. The Bertz CT molecular complexity index is 1310. The number of rotatable bonds is 5. The number of nitrogens with zero attached hydrogens (tertiary/aromatic N) is 3. The molecule has 5 rings (SSSR count).